The van der Waals surface area contributed by atoms with Gasteiger partial charge in [0.1, 0.15) is 0 Å². The molecule has 2 rings (SSSR count). The summed E-state index contributed by atoms with van der Waals surface area (Å²) in [5.41, 5.74) is 3.14. The maximum atomic E-state index is 12.4. The number of rotatable bonds is 8. The zero-order chi connectivity index (χ0) is 20.0. The molecule has 0 unspecified atom stereocenters. The first kappa shape index (κ1) is 20.5. The van der Waals surface area contributed by atoms with Gasteiger partial charge in [-0.15, -0.1) is 0 Å². The van der Waals surface area contributed by atoms with Crippen molar-refractivity contribution in [3.05, 3.63) is 53.1 Å². The highest BCUT2D eigenvalue weighted by Crippen LogP contribution is 2.30. The Morgan fingerprint density at radius 3 is 2.33 bits per heavy atom. The number of ketones is 1. The van der Waals surface area contributed by atoms with Crippen molar-refractivity contribution in [1.29, 1.82) is 0 Å². The molecule has 6 heteroatoms. The zero-order valence-electron chi connectivity index (χ0n) is 16.5. The van der Waals surface area contributed by atoms with E-state index in [1.807, 2.05) is 31.0 Å². The molecule has 0 saturated carbocycles. The van der Waals surface area contributed by atoms with Gasteiger partial charge in [-0.2, -0.15) is 0 Å². The normalized spacial score (nSPS) is 10.6. The minimum atomic E-state index is -0.177. The molecule has 2 aromatic carbocycles. The van der Waals surface area contributed by atoms with Crippen LogP contribution in [0.3, 0.4) is 0 Å². The third-order valence-electron chi connectivity index (χ3n) is 4.28. The molecule has 0 heterocycles. The first-order valence-electron chi connectivity index (χ1n) is 8.65. The Morgan fingerprint density at radius 2 is 1.70 bits per heavy atom. The lowest BCUT2D eigenvalue weighted by Crippen LogP contribution is -2.30. The van der Waals surface area contributed by atoms with Crippen LogP contribution >= 0.6 is 0 Å². The molecule has 0 aliphatic heterocycles. The topological polar surface area (TPSA) is 67.9 Å². The highest BCUT2D eigenvalue weighted by Gasteiger charge is 2.14. The van der Waals surface area contributed by atoms with Crippen molar-refractivity contribution >= 4 is 17.4 Å². The second-order valence-corrected chi connectivity index (χ2v) is 6.46. The molecule has 0 aromatic heterocycles. The van der Waals surface area contributed by atoms with Gasteiger partial charge in [0.2, 0.25) is 5.91 Å². The fourth-order valence-electron chi connectivity index (χ4n) is 2.87. The van der Waals surface area contributed by atoms with Crippen molar-refractivity contribution in [2.45, 2.75) is 20.4 Å². The number of benzene rings is 2. The highest BCUT2D eigenvalue weighted by atomic mass is 16.5. The number of carbonyl (C=O) groups excluding carboxylic acids is 2. The molecule has 0 fully saturated rings. The van der Waals surface area contributed by atoms with E-state index >= 15 is 0 Å². The monoisotopic (exact) mass is 370 g/mol. The summed E-state index contributed by atoms with van der Waals surface area (Å²) in [5, 5.41) is 2.82. The maximum absolute atomic E-state index is 12.4. The Kier molecular flexibility index (Phi) is 6.96. The average molecular weight is 370 g/mol. The smallest absolute Gasteiger partial charge is 0.238 e. The number of likely N-dealkylation sites (N-methyl/N-ethyl adjacent to an activating group) is 1. The summed E-state index contributed by atoms with van der Waals surface area (Å²) in [6, 6.07) is 10.8. The number of para-hydroxylation sites is 1. The van der Waals surface area contributed by atoms with Crippen LogP contribution in [0.15, 0.2) is 36.4 Å². The van der Waals surface area contributed by atoms with Crippen LogP contribution in [-0.2, 0) is 11.3 Å². The molecule has 27 heavy (non-hydrogen) atoms. The molecule has 2 aromatic rings. The molecule has 0 bridgehead atoms. The number of hydrogen-bond acceptors (Lipinski definition) is 5. The van der Waals surface area contributed by atoms with E-state index in [-0.39, 0.29) is 18.2 Å². The molecule has 0 radical (unpaired) electrons. The standard InChI is InChI=1S/C21H26N2O4/c1-14-10-19(26-4)20(27-5)11-16(14)12-23(3)13-21(25)22-18-9-7-6-8-17(18)15(2)24/h6-11H,12-13H2,1-5H3,(H,22,25). The molecule has 1 N–H and O–H groups in total. The largest absolute Gasteiger partial charge is 0.493 e. The Morgan fingerprint density at radius 1 is 1.07 bits per heavy atom. The number of nitrogens with zero attached hydrogens (tertiary/aromatic N) is 1. The lowest BCUT2D eigenvalue weighted by Gasteiger charge is -2.19. The zero-order valence-corrected chi connectivity index (χ0v) is 16.5. The van der Waals surface area contributed by atoms with Gasteiger partial charge >= 0.3 is 0 Å². The van der Waals surface area contributed by atoms with Crippen molar-refractivity contribution in [3.8, 4) is 11.5 Å². The Hall–Kier alpha value is -2.86. The predicted octanol–water partition coefficient (Wildman–Crippen LogP) is 3.29. The van der Waals surface area contributed by atoms with Crippen molar-refractivity contribution in [2.24, 2.45) is 0 Å². The SMILES string of the molecule is COc1cc(C)c(CN(C)CC(=O)Nc2ccccc2C(C)=O)cc1OC. The number of carbonyl (C=O) groups is 2. The molecular formula is C21H26N2O4. The number of aryl methyl sites for hydroxylation is 1. The minimum absolute atomic E-state index is 0.0831. The van der Waals surface area contributed by atoms with Gasteiger partial charge in [-0.05, 0) is 56.3 Å². The van der Waals surface area contributed by atoms with Crippen molar-refractivity contribution in [3.63, 3.8) is 0 Å². The maximum Gasteiger partial charge on any atom is 0.238 e. The second-order valence-electron chi connectivity index (χ2n) is 6.46. The number of Topliss-reactive ketones (excluding diaryl/α,β-unsaturated/α-hetero) is 1. The lowest BCUT2D eigenvalue weighted by molar-refractivity contribution is -0.117. The van der Waals surface area contributed by atoms with Crippen LogP contribution in [0, 0.1) is 6.92 Å². The van der Waals surface area contributed by atoms with Gasteiger partial charge in [-0.3, -0.25) is 14.5 Å². The number of nitrogens with one attached hydrogen (secondary N) is 1. The summed E-state index contributed by atoms with van der Waals surface area (Å²) in [4.78, 5) is 26.0. The molecule has 0 aliphatic rings. The second kappa shape index (κ2) is 9.19. The van der Waals surface area contributed by atoms with Crippen LogP contribution < -0.4 is 14.8 Å². The van der Waals surface area contributed by atoms with Crippen LogP contribution in [0.25, 0.3) is 0 Å². The number of anilines is 1. The summed E-state index contributed by atoms with van der Waals surface area (Å²) >= 11 is 0. The highest BCUT2D eigenvalue weighted by molar-refractivity contribution is 6.04. The average Bonchev–Trinajstić information content (AvgIpc) is 2.63. The third-order valence-corrected chi connectivity index (χ3v) is 4.28. The predicted molar refractivity (Wildman–Crippen MR) is 106 cm³/mol. The van der Waals surface area contributed by atoms with Gasteiger partial charge in [0.05, 0.1) is 26.5 Å². The summed E-state index contributed by atoms with van der Waals surface area (Å²) in [5.74, 6) is 1.08. The number of ether oxygens (including phenoxy) is 2. The van der Waals surface area contributed by atoms with E-state index in [0.29, 0.717) is 29.3 Å². The van der Waals surface area contributed by atoms with Gasteiger partial charge in [-0.25, -0.2) is 0 Å². The Labute approximate surface area is 160 Å². The summed E-state index contributed by atoms with van der Waals surface area (Å²) in [7, 11) is 5.07. The first-order valence-corrected chi connectivity index (χ1v) is 8.65. The minimum Gasteiger partial charge on any atom is -0.493 e. The van der Waals surface area contributed by atoms with E-state index < -0.39 is 0 Å². The molecule has 0 spiro atoms. The number of amides is 1. The van der Waals surface area contributed by atoms with Crippen molar-refractivity contribution in [2.75, 3.05) is 33.1 Å². The summed E-state index contributed by atoms with van der Waals surface area (Å²) in [6.45, 7) is 4.25. The van der Waals surface area contributed by atoms with Gasteiger partial charge in [0.25, 0.3) is 0 Å². The Balaban J connectivity index is 2.05. The summed E-state index contributed by atoms with van der Waals surface area (Å²) < 4.78 is 10.7. The van der Waals surface area contributed by atoms with Crippen LogP contribution in [0.2, 0.25) is 0 Å². The first-order chi connectivity index (χ1) is 12.8. The van der Waals surface area contributed by atoms with Crippen molar-refractivity contribution < 1.29 is 19.1 Å². The van der Waals surface area contributed by atoms with E-state index in [0.717, 1.165) is 11.1 Å². The fraction of sp³-hybridized carbons (Fsp3) is 0.333. The van der Waals surface area contributed by atoms with Gasteiger partial charge in [0, 0.05) is 12.1 Å². The van der Waals surface area contributed by atoms with Gasteiger partial charge in [-0.1, -0.05) is 12.1 Å². The number of methoxy groups -OCH3 is 2. The Bertz CT molecular complexity index is 833. The molecule has 6 nitrogen and oxygen atoms in total. The van der Waals surface area contributed by atoms with E-state index in [1.165, 1.54) is 6.92 Å². The molecule has 144 valence electrons. The fourth-order valence-corrected chi connectivity index (χ4v) is 2.87. The molecular weight excluding hydrogens is 344 g/mol. The van der Waals surface area contributed by atoms with Crippen LogP contribution in [0.4, 0.5) is 5.69 Å². The van der Waals surface area contributed by atoms with E-state index in [9.17, 15) is 9.59 Å². The molecule has 0 saturated heterocycles. The van der Waals surface area contributed by atoms with Gasteiger partial charge < -0.3 is 14.8 Å². The van der Waals surface area contributed by atoms with Crippen LogP contribution in [-0.4, -0.2) is 44.4 Å². The van der Waals surface area contributed by atoms with E-state index in [1.54, 1.807) is 38.5 Å². The number of hydrogen-bond donors (Lipinski definition) is 1. The molecule has 0 aliphatic carbocycles. The lowest BCUT2D eigenvalue weighted by atomic mass is 10.1. The quantitative estimate of drug-likeness (QED) is 0.722. The van der Waals surface area contributed by atoms with E-state index in [2.05, 4.69) is 5.32 Å². The van der Waals surface area contributed by atoms with Crippen LogP contribution in [0.5, 0.6) is 11.5 Å². The van der Waals surface area contributed by atoms with Crippen molar-refractivity contribution in [1.82, 2.24) is 4.90 Å². The molecule has 1 amide bonds. The van der Waals surface area contributed by atoms with E-state index in [4.69, 9.17) is 9.47 Å². The molecule has 0 atom stereocenters. The summed E-state index contributed by atoms with van der Waals surface area (Å²) in [6.07, 6.45) is 0. The van der Waals surface area contributed by atoms with Crippen LogP contribution in [0.1, 0.15) is 28.4 Å². The third kappa shape index (κ3) is 5.31. The van der Waals surface area contributed by atoms with Gasteiger partial charge in [0.15, 0.2) is 17.3 Å².